The van der Waals surface area contributed by atoms with Crippen LogP contribution < -0.4 is 10.1 Å². The van der Waals surface area contributed by atoms with E-state index in [0.717, 1.165) is 26.4 Å². The Morgan fingerprint density at radius 1 is 0.955 bits per heavy atom. The molecule has 0 aliphatic carbocycles. The summed E-state index contributed by atoms with van der Waals surface area (Å²) in [4.78, 5) is 11.9. The molecule has 0 aromatic heterocycles. The van der Waals surface area contributed by atoms with Crippen molar-refractivity contribution in [2.45, 2.75) is 6.04 Å². The van der Waals surface area contributed by atoms with Crippen molar-refractivity contribution in [1.82, 2.24) is 5.32 Å². The molecule has 1 unspecified atom stereocenters. The van der Waals surface area contributed by atoms with E-state index >= 15 is 0 Å². The standard InChI is InChI=1S/C18H12BrNO2/c19-13-8-5-12(6-9-13)17-16-14-4-2-1-3-11(14)7-10-15(16)22-18(21)20-17/h1-10,17H,(H,20,21). The van der Waals surface area contributed by atoms with Crippen LogP contribution in [0.4, 0.5) is 4.79 Å². The number of rotatable bonds is 1. The molecule has 0 saturated carbocycles. The number of hydrogen-bond donors (Lipinski definition) is 1. The third-order valence-corrected chi connectivity index (χ3v) is 4.42. The number of benzene rings is 3. The highest BCUT2D eigenvalue weighted by Crippen LogP contribution is 2.39. The molecule has 0 bridgehead atoms. The second-order valence-corrected chi connectivity index (χ2v) is 6.13. The van der Waals surface area contributed by atoms with Gasteiger partial charge in [0, 0.05) is 10.0 Å². The van der Waals surface area contributed by atoms with Crippen LogP contribution >= 0.6 is 15.9 Å². The summed E-state index contributed by atoms with van der Waals surface area (Å²) in [6, 6.07) is 19.7. The van der Waals surface area contributed by atoms with Gasteiger partial charge in [0.15, 0.2) is 0 Å². The predicted octanol–water partition coefficient (Wildman–Crippen LogP) is 4.79. The molecule has 0 radical (unpaired) electrons. The summed E-state index contributed by atoms with van der Waals surface area (Å²) in [6.45, 7) is 0. The van der Waals surface area contributed by atoms with E-state index in [1.54, 1.807) is 0 Å². The molecule has 3 nitrogen and oxygen atoms in total. The maximum atomic E-state index is 11.9. The summed E-state index contributed by atoms with van der Waals surface area (Å²) in [7, 11) is 0. The molecule has 0 spiro atoms. The number of ether oxygens (including phenoxy) is 1. The highest BCUT2D eigenvalue weighted by molar-refractivity contribution is 9.10. The Bertz CT molecular complexity index is 874. The molecule has 0 saturated heterocycles. The van der Waals surface area contributed by atoms with Crippen LogP contribution in [0.1, 0.15) is 17.2 Å². The second-order valence-electron chi connectivity index (χ2n) is 5.22. The molecule has 3 aromatic carbocycles. The number of carbonyl (C=O) groups is 1. The van der Waals surface area contributed by atoms with Gasteiger partial charge in [0.05, 0.1) is 6.04 Å². The average Bonchev–Trinajstić information content (AvgIpc) is 2.54. The molecule has 1 atom stereocenters. The SMILES string of the molecule is O=C1NC(c2ccc(Br)cc2)c2c(ccc3ccccc23)O1. The van der Waals surface area contributed by atoms with E-state index in [2.05, 4.69) is 33.4 Å². The van der Waals surface area contributed by atoms with Crippen molar-refractivity contribution >= 4 is 32.8 Å². The summed E-state index contributed by atoms with van der Waals surface area (Å²) in [5.41, 5.74) is 2.03. The monoisotopic (exact) mass is 353 g/mol. The van der Waals surface area contributed by atoms with E-state index in [4.69, 9.17) is 4.74 Å². The molecular weight excluding hydrogens is 342 g/mol. The predicted molar refractivity (Wildman–Crippen MR) is 89.1 cm³/mol. The number of nitrogens with one attached hydrogen (secondary N) is 1. The van der Waals surface area contributed by atoms with Crippen molar-refractivity contribution in [3.63, 3.8) is 0 Å². The molecule has 1 N–H and O–H groups in total. The van der Waals surface area contributed by atoms with Crippen molar-refractivity contribution < 1.29 is 9.53 Å². The minimum atomic E-state index is -0.421. The van der Waals surface area contributed by atoms with Crippen LogP contribution in [0.15, 0.2) is 65.1 Å². The molecule has 3 aromatic rings. The average molecular weight is 354 g/mol. The number of hydrogen-bond acceptors (Lipinski definition) is 2. The molecule has 1 aliphatic rings. The van der Waals surface area contributed by atoms with Crippen molar-refractivity contribution in [2.24, 2.45) is 0 Å². The Morgan fingerprint density at radius 3 is 2.55 bits per heavy atom. The maximum Gasteiger partial charge on any atom is 0.413 e. The first-order valence-electron chi connectivity index (χ1n) is 6.98. The third-order valence-electron chi connectivity index (χ3n) is 3.89. The van der Waals surface area contributed by atoms with Gasteiger partial charge in [-0.3, -0.25) is 0 Å². The van der Waals surface area contributed by atoms with Gasteiger partial charge in [-0.2, -0.15) is 0 Å². The molecule has 4 rings (SSSR count). The van der Waals surface area contributed by atoms with Crippen LogP contribution in [0.25, 0.3) is 10.8 Å². The molecule has 22 heavy (non-hydrogen) atoms. The zero-order chi connectivity index (χ0) is 15.1. The largest absolute Gasteiger partial charge is 0.413 e. The molecule has 0 fully saturated rings. The van der Waals surface area contributed by atoms with E-state index in [1.807, 2.05) is 48.5 Å². The van der Waals surface area contributed by atoms with Gasteiger partial charge in [-0.05, 0) is 34.5 Å². The van der Waals surface area contributed by atoms with Crippen molar-refractivity contribution in [1.29, 1.82) is 0 Å². The summed E-state index contributed by atoms with van der Waals surface area (Å²) >= 11 is 3.44. The van der Waals surface area contributed by atoms with Gasteiger partial charge in [0.1, 0.15) is 5.75 Å². The van der Waals surface area contributed by atoms with Gasteiger partial charge in [-0.15, -0.1) is 0 Å². The number of carbonyl (C=O) groups excluding carboxylic acids is 1. The molecule has 1 amide bonds. The summed E-state index contributed by atoms with van der Waals surface area (Å²) < 4.78 is 6.36. The lowest BCUT2D eigenvalue weighted by Crippen LogP contribution is -2.36. The number of amides is 1. The first-order chi connectivity index (χ1) is 10.7. The molecule has 108 valence electrons. The minimum Gasteiger partial charge on any atom is -0.410 e. The van der Waals surface area contributed by atoms with E-state index in [-0.39, 0.29) is 6.04 Å². The second kappa shape index (κ2) is 5.14. The van der Waals surface area contributed by atoms with Crippen LogP contribution in [0.5, 0.6) is 5.75 Å². The quantitative estimate of drug-likeness (QED) is 0.682. The van der Waals surface area contributed by atoms with Gasteiger partial charge in [-0.25, -0.2) is 4.79 Å². The van der Waals surface area contributed by atoms with E-state index in [9.17, 15) is 4.79 Å². The Labute approximate surface area is 136 Å². The third kappa shape index (κ3) is 2.16. The topological polar surface area (TPSA) is 38.3 Å². The first kappa shape index (κ1) is 13.3. The van der Waals surface area contributed by atoms with Crippen molar-refractivity contribution in [2.75, 3.05) is 0 Å². The summed E-state index contributed by atoms with van der Waals surface area (Å²) in [5.74, 6) is 0.621. The Morgan fingerprint density at radius 2 is 1.73 bits per heavy atom. The molecular formula is C18H12BrNO2. The molecule has 1 heterocycles. The first-order valence-corrected chi connectivity index (χ1v) is 7.77. The van der Waals surface area contributed by atoms with Gasteiger partial charge < -0.3 is 10.1 Å². The fourth-order valence-electron chi connectivity index (χ4n) is 2.89. The Kier molecular flexibility index (Phi) is 3.12. The zero-order valence-electron chi connectivity index (χ0n) is 11.5. The lowest BCUT2D eigenvalue weighted by atomic mass is 9.92. The van der Waals surface area contributed by atoms with Gasteiger partial charge in [0.2, 0.25) is 0 Å². The highest BCUT2D eigenvalue weighted by atomic mass is 79.9. The normalized spacial score (nSPS) is 16.8. The van der Waals surface area contributed by atoms with Gasteiger partial charge >= 0.3 is 6.09 Å². The summed E-state index contributed by atoms with van der Waals surface area (Å²) in [6.07, 6.45) is -0.421. The zero-order valence-corrected chi connectivity index (χ0v) is 13.1. The number of halogens is 1. The smallest absolute Gasteiger partial charge is 0.410 e. The van der Waals surface area contributed by atoms with Crippen molar-refractivity contribution in [3.8, 4) is 5.75 Å². The summed E-state index contributed by atoms with van der Waals surface area (Å²) in [5, 5.41) is 5.14. The van der Waals surface area contributed by atoms with Crippen LogP contribution in [-0.4, -0.2) is 6.09 Å². The van der Waals surface area contributed by atoms with E-state index in [1.165, 1.54) is 0 Å². The highest BCUT2D eigenvalue weighted by Gasteiger charge is 2.29. The minimum absolute atomic E-state index is 0.213. The number of fused-ring (bicyclic) bond motifs is 3. The van der Waals surface area contributed by atoms with Crippen molar-refractivity contribution in [3.05, 3.63) is 76.3 Å². The Hall–Kier alpha value is -2.33. The van der Waals surface area contributed by atoms with Gasteiger partial charge in [0.25, 0.3) is 0 Å². The fourth-order valence-corrected chi connectivity index (χ4v) is 3.15. The van der Waals surface area contributed by atoms with Gasteiger partial charge in [-0.1, -0.05) is 58.4 Å². The van der Waals surface area contributed by atoms with Crippen LogP contribution in [0.2, 0.25) is 0 Å². The van der Waals surface area contributed by atoms with Crippen LogP contribution in [-0.2, 0) is 0 Å². The fraction of sp³-hybridized carbons (Fsp3) is 0.0556. The van der Waals surface area contributed by atoms with E-state index < -0.39 is 6.09 Å². The Balaban J connectivity index is 1.97. The van der Waals surface area contributed by atoms with E-state index in [0.29, 0.717) is 5.75 Å². The lowest BCUT2D eigenvalue weighted by Gasteiger charge is -2.28. The lowest BCUT2D eigenvalue weighted by molar-refractivity contribution is 0.191. The molecule has 1 aliphatic heterocycles. The molecule has 4 heteroatoms. The van der Waals surface area contributed by atoms with Crippen LogP contribution in [0, 0.1) is 0 Å². The van der Waals surface area contributed by atoms with Crippen LogP contribution in [0.3, 0.4) is 0 Å². The maximum absolute atomic E-state index is 11.9.